The minimum Gasteiger partial charge on any atom is -0.435 e. The number of ketones is 1. The second-order valence-corrected chi connectivity index (χ2v) is 20.2. The quantitative estimate of drug-likeness (QED) is 0.110. The fourth-order valence-electron chi connectivity index (χ4n) is 8.50. The Hall–Kier alpha value is -6.13. The van der Waals surface area contributed by atoms with Crippen LogP contribution in [0.3, 0.4) is 0 Å². The van der Waals surface area contributed by atoms with Gasteiger partial charge in [-0.05, 0) is 83.5 Å². The number of fused-ring (bicyclic) bond motifs is 2. The van der Waals surface area contributed by atoms with Crippen molar-refractivity contribution in [1.82, 2.24) is 35.1 Å². The second kappa shape index (κ2) is 15.8. The van der Waals surface area contributed by atoms with Gasteiger partial charge < -0.3 is 39.3 Å². The standard InChI is InChI=1S/C48H54F3N7O7/c1-44(2,3)31(26-37(59)46(15-16-46)64-42(61)57-19-7-20-57)39-52-32-13-10-27(23-34(32)54-39)28-9-12-30(36(25-28)63-48(49,50)51)29-11-14-33-35(24-29)55-40(53-33)38(45(4,5)6)56-41(60)47(17-18-47)65-43(62)58-21-8-22-58/h9-14,23-25,31,38H,7-8,15-22,26H2,1-6H3,(H,52,54)(H,53,55)(H,56,60)/t31-,38-/m1/s1. The maximum atomic E-state index is 14.1. The highest BCUT2D eigenvalue weighted by Gasteiger charge is 2.57. The summed E-state index contributed by atoms with van der Waals surface area (Å²) in [6.45, 7) is 14.4. The van der Waals surface area contributed by atoms with E-state index in [1.165, 1.54) is 6.07 Å². The fourth-order valence-corrected chi connectivity index (χ4v) is 8.50. The molecular formula is C48H54F3N7O7. The number of carbonyl (C=O) groups is 4. The number of benzene rings is 3. The Labute approximate surface area is 374 Å². The van der Waals surface area contributed by atoms with E-state index >= 15 is 0 Å². The first-order chi connectivity index (χ1) is 30.6. The molecule has 4 heterocycles. The maximum Gasteiger partial charge on any atom is 0.573 e. The van der Waals surface area contributed by atoms with E-state index in [9.17, 15) is 32.3 Å². The molecule has 4 aliphatic rings. The van der Waals surface area contributed by atoms with Crippen molar-refractivity contribution in [2.75, 3.05) is 26.2 Å². The van der Waals surface area contributed by atoms with Gasteiger partial charge in [-0.15, -0.1) is 13.2 Å². The number of imidazole rings is 2. The molecule has 17 heteroatoms. The number of aromatic amines is 2. The van der Waals surface area contributed by atoms with Crippen LogP contribution in [0.15, 0.2) is 54.6 Å². The van der Waals surface area contributed by atoms with E-state index in [0.29, 0.717) is 102 Å². The van der Waals surface area contributed by atoms with Gasteiger partial charge in [0.05, 0.1) is 28.1 Å². The Morgan fingerprint density at radius 3 is 1.72 bits per heavy atom. The molecule has 2 aliphatic carbocycles. The predicted molar refractivity (Wildman–Crippen MR) is 235 cm³/mol. The first-order valence-corrected chi connectivity index (χ1v) is 22.3. The topological polar surface area (TPSA) is 172 Å². The lowest BCUT2D eigenvalue weighted by Gasteiger charge is -2.33. The van der Waals surface area contributed by atoms with Crippen LogP contribution in [0.1, 0.15) is 110 Å². The highest BCUT2D eigenvalue weighted by atomic mass is 19.4. The molecule has 0 spiro atoms. The summed E-state index contributed by atoms with van der Waals surface area (Å²) in [7, 11) is 0. The van der Waals surface area contributed by atoms with Crippen molar-refractivity contribution in [2.24, 2.45) is 10.8 Å². The molecule has 0 unspecified atom stereocenters. The van der Waals surface area contributed by atoms with E-state index in [1.807, 2.05) is 41.5 Å². The molecule has 9 rings (SSSR count). The molecule has 2 aromatic heterocycles. The van der Waals surface area contributed by atoms with Gasteiger partial charge in [-0.1, -0.05) is 65.8 Å². The normalized spacial score (nSPS) is 18.6. The lowest BCUT2D eigenvalue weighted by molar-refractivity contribution is -0.274. The van der Waals surface area contributed by atoms with Crippen LogP contribution in [0.2, 0.25) is 0 Å². The number of nitrogens with one attached hydrogen (secondary N) is 3. The Kier molecular flexibility index (Phi) is 10.7. The van der Waals surface area contributed by atoms with Gasteiger partial charge in [0.1, 0.15) is 17.4 Å². The number of hydrogen-bond donors (Lipinski definition) is 3. The molecule has 3 amide bonds. The summed E-state index contributed by atoms with van der Waals surface area (Å²) in [4.78, 5) is 72.0. The summed E-state index contributed by atoms with van der Waals surface area (Å²) < 4.78 is 58.2. The molecule has 4 fully saturated rings. The van der Waals surface area contributed by atoms with Crippen LogP contribution in [0.5, 0.6) is 5.75 Å². The predicted octanol–water partition coefficient (Wildman–Crippen LogP) is 9.71. The summed E-state index contributed by atoms with van der Waals surface area (Å²) in [6.07, 6.45) is -2.19. The lowest BCUT2D eigenvalue weighted by atomic mass is 9.76. The number of Topliss-reactive ketones (excluding diaryl/α,β-unsaturated/α-hetero) is 1. The highest BCUT2D eigenvalue weighted by Crippen LogP contribution is 2.47. The molecule has 5 aromatic rings. The zero-order valence-corrected chi connectivity index (χ0v) is 37.4. The minimum absolute atomic E-state index is 0.112. The molecule has 3 aromatic carbocycles. The van der Waals surface area contributed by atoms with Gasteiger partial charge in [-0.25, -0.2) is 19.6 Å². The largest absolute Gasteiger partial charge is 0.573 e. The molecule has 14 nitrogen and oxygen atoms in total. The average molecular weight is 898 g/mol. The van der Waals surface area contributed by atoms with Crippen LogP contribution in [0, 0.1) is 10.8 Å². The molecule has 65 heavy (non-hydrogen) atoms. The number of halogens is 3. The number of hydrogen-bond acceptors (Lipinski definition) is 9. The number of carbonyl (C=O) groups excluding carboxylic acids is 4. The van der Waals surface area contributed by atoms with Crippen molar-refractivity contribution in [3.8, 4) is 28.0 Å². The Balaban J connectivity index is 0.964. The van der Waals surface area contributed by atoms with Gasteiger partial charge in [0.25, 0.3) is 5.91 Å². The number of H-pyrrole nitrogens is 2. The number of amides is 3. The van der Waals surface area contributed by atoms with Crippen LogP contribution in [-0.2, 0) is 19.1 Å². The molecular weight excluding hydrogens is 844 g/mol. The molecule has 2 saturated heterocycles. The van der Waals surface area contributed by atoms with Crippen molar-refractivity contribution < 1.29 is 46.6 Å². The number of aromatic nitrogens is 4. The van der Waals surface area contributed by atoms with Crippen LogP contribution < -0.4 is 10.1 Å². The fraction of sp³-hybridized carbons (Fsp3) is 0.500. The van der Waals surface area contributed by atoms with E-state index < -0.39 is 58.3 Å². The molecule has 0 bridgehead atoms. The van der Waals surface area contributed by atoms with E-state index in [1.54, 1.807) is 58.3 Å². The van der Waals surface area contributed by atoms with Crippen molar-refractivity contribution >= 4 is 45.9 Å². The van der Waals surface area contributed by atoms with Gasteiger partial charge in [0.2, 0.25) is 0 Å². The smallest absolute Gasteiger partial charge is 0.435 e. The van der Waals surface area contributed by atoms with Crippen LogP contribution in [0.4, 0.5) is 22.8 Å². The summed E-state index contributed by atoms with van der Waals surface area (Å²) in [5, 5.41) is 3.06. The minimum atomic E-state index is -4.99. The van der Waals surface area contributed by atoms with Gasteiger partial charge in [0, 0.05) is 56.9 Å². The molecule has 2 aliphatic heterocycles. The second-order valence-electron chi connectivity index (χ2n) is 20.2. The Morgan fingerprint density at radius 1 is 0.692 bits per heavy atom. The van der Waals surface area contributed by atoms with Crippen LogP contribution >= 0.6 is 0 Å². The van der Waals surface area contributed by atoms with Gasteiger partial charge in [0.15, 0.2) is 17.0 Å². The Morgan fingerprint density at radius 2 is 1.20 bits per heavy atom. The summed E-state index contributed by atoms with van der Waals surface area (Å²) >= 11 is 0. The van der Waals surface area contributed by atoms with Crippen LogP contribution in [0.25, 0.3) is 44.3 Å². The third-order valence-electron chi connectivity index (χ3n) is 13.2. The monoisotopic (exact) mass is 897 g/mol. The third kappa shape index (κ3) is 8.97. The van der Waals surface area contributed by atoms with Gasteiger partial charge in [-0.2, -0.15) is 0 Å². The van der Waals surface area contributed by atoms with E-state index in [4.69, 9.17) is 19.4 Å². The zero-order chi connectivity index (χ0) is 46.3. The van der Waals surface area contributed by atoms with E-state index in [2.05, 4.69) is 20.0 Å². The lowest BCUT2D eigenvalue weighted by Crippen LogP contribution is -2.49. The van der Waals surface area contributed by atoms with Crippen molar-refractivity contribution in [2.45, 2.75) is 116 Å². The van der Waals surface area contributed by atoms with Gasteiger partial charge in [-0.3, -0.25) is 9.59 Å². The highest BCUT2D eigenvalue weighted by molar-refractivity contribution is 5.93. The number of nitrogens with zero attached hydrogens (tertiary/aromatic N) is 4. The SMILES string of the molecule is CC(C)(C)[C@H](CC(=O)C1(OC(=O)N2CCC2)CC1)c1nc2ccc(-c3ccc(-c4ccc5nc([C@@H](NC(=O)C6(OC(=O)N7CCC7)CC6)C(C)(C)C)[nH]c5c4)c(OC(F)(F)F)c3)cc2[nH]1. The molecule has 2 atom stereocenters. The zero-order valence-electron chi connectivity index (χ0n) is 37.4. The van der Waals surface area contributed by atoms with Crippen LogP contribution in [-0.4, -0.2) is 97.4 Å². The molecule has 344 valence electrons. The number of ether oxygens (including phenoxy) is 3. The third-order valence-corrected chi connectivity index (χ3v) is 13.2. The van der Waals surface area contributed by atoms with E-state index in [0.717, 1.165) is 12.8 Å². The number of rotatable bonds is 12. The molecule has 0 radical (unpaired) electrons. The molecule has 2 saturated carbocycles. The first kappa shape index (κ1) is 44.1. The first-order valence-electron chi connectivity index (χ1n) is 22.3. The van der Waals surface area contributed by atoms with Crippen molar-refractivity contribution in [1.29, 1.82) is 0 Å². The summed E-state index contributed by atoms with van der Waals surface area (Å²) in [6, 6.07) is 14.4. The van der Waals surface area contributed by atoms with E-state index in [-0.39, 0.29) is 23.7 Å². The maximum absolute atomic E-state index is 14.1. The number of alkyl halides is 3. The number of likely N-dealkylation sites (tertiary alicyclic amines) is 2. The summed E-state index contributed by atoms with van der Waals surface area (Å²) in [5.74, 6) is -0.267. The molecule has 3 N–H and O–H groups in total. The van der Waals surface area contributed by atoms with Crippen molar-refractivity contribution in [3.05, 3.63) is 66.2 Å². The van der Waals surface area contributed by atoms with Gasteiger partial charge >= 0.3 is 18.5 Å². The Bertz CT molecular complexity index is 2700. The average Bonchev–Trinajstić information content (AvgIpc) is 4.04. The summed E-state index contributed by atoms with van der Waals surface area (Å²) in [5.41, 5.74) is 0.752. The van der Waals surface area contributed by atoms with Crippen molar-refractivity contribution in [3.63, 3.8) is 0 Å².